The standard InChI is InChI=1S/C16H17Cl3N4O3/c1-8-4-14(22-26-8)21-15(24)7-23(3)9(2)16(25)20-13-6-11(18)10(17)5-12(13)19/h4-6,9H,7H2,1-3H3,(H,20,25)(H,21,22,24). The molecule has 10 heteroatoms. The second kappa shape index (κ2) is 8.73. The zero-order valence-electron chi connectivity index (χ0n) is 14.3. The molecule has 2 aromatic rings. The van der Waals surface area contributed by atoms with Crippen LogP contribution in [0.4, 0.5) is 11.5 Å². The van der Waals surface area contributed by atoms with Crippen LogP contribution in [0.15, 0.2) is 22.7 Å². The van der Waals surface area contributed by atoms with Gasteiger partial charge in [0.1, 0.15) is 5.76 Å². The molecule has 1 unspecified atom stereocenters. The van der Waals surface area contributed by atoms with E-state index in [1.165, 1.54) is 12.1 Å². The van der Waals surface area contributed by atoms with Crippen molar-refractivity contribution in [1.29, 1.82) is 0 Å². The highest BCUT2D eigenvalue weighted by molar-refractivity contribution is 6.44. The van der Waals surface area contributed by atoms with Gasteiger partial charge < -0.3 is 15.2 Å². The maximum absolute atomic E-state index is 12.4. The molecule has 0 fully saturated rings. The van der Waals surface area contributed by atoms with Gasteiger partial charge in [-0.15, -0.1) is 0 Å². The number of halogens is 3. The highest BCUT2D eigenvalue weighted by Crippen LogP contribution is 2.32. The summed E-state index contributed by atoms with van der Waals surface area (Å²) >= 11 is 17.9. The molecule has 1 heterocycles. The first-order chi connectivity index (χ1) is 12.2. The summed E-state index contributed by atoms with van der Waals surface area (Å²) in [6.07, 6.45) is 0. The van der Waals surface area contributed by atoms with Crippen molar-refractivity contribution in [1.82, 2.24) is 10.1 Å². The molecule has 1 aromatic carbocycles. The molecule has 0 spiro atoms. The SMILES string of the molecule is Cc1cc(NC(=O)CN(C)C(C)C(=O)Nc2cc(Cl)c(Cl)cc2Cl)no1. The molecule has 0 aliphatic rings. The third-order valence-corrected chi connectivity index (χ3v) is 4.63. The van der Waals surface area contributed by atoms with Crippen LogP contribution in [0.3, 0.4) is 0 Å². The summed E-state index contributed by atoms with van der Waals surface area (Å²) < 4.78 is 4.88. The fourth-order valence-corrected chi connectivity index (χ4v) is 2.62. The lowest BCUT2D eigenvalue weighted by Crippen LogP contribution is -2.43. The second-order valence-corrected chi connectivity index (χ2v) is 6.92. The minimum atomic E-state index is -0.606. The predicted octanol–water partition coefficient (Wildman–Crippen LogP) is 3.84. The van der Waals surface area contributed by atoms with Gasteiger partial charge in [0.25, 0.3) is 0 Å². The molecular weight excluding hydrogens is 403 g/mol. The average molecular weight is 420 g/mol. The van der Waals surface area contributed by atoms with Crippen LogP contribution in [-0.2, 0) is 9.59 Å². The molecule has 0 aliphatic carbocycles. The minimum absolute atomic E-state index is 0.0183. The zero-order valence-corrected chi connectivity index (χ0v) is 16.5. The molecule has 7 nitrogen and oxygen atoms in total. The number of nitrogens with one attached hydrogen (secondary N) is 2. The molecule has 0 radical (unpaired) electrons. The summed E-state index contributed by atoms with van der Waals surface area (Å²) in [4.78, 5) is 26.0. The number of hydrogen-bond acceptors (Lipinski definition) is 5. The first kappa shape index (κ1) is 20.5. The Morgan fingerprint density at radius 3 is 2.42 bits per heavy atom. The molecule has 0 bridgehead atoms. The maximum Gasteiger partial charge on any atom is 0.241 e. The number of hydrogen-bond donors (Lipinski definition) is 2. The Hall–Kier alpha value is -1.80. The van der Waals surface area contributed by atoms with Gasteiger partial charge in [-0.05, 0) is 33.0 Å². The summed E-state index contributed by atoms with van der Waals surface area (Å²) in [5.41, 5.74) is 0.342. The number of benzene rings is 1. The topological polar surface area (TPSA) is 87.5 Å². The van der Waals surface area contributed by atoms with Gasteiger partial charge in [0.2, 0.25) is 11.8 Å². The molecule has 26 heavy (non-hydrogen) atoms. The molecule has 2 amide bonds. The zero-order chi connectivity index (χ0) is 19.4. The van der Waals surface area contributed by atoms with Crippen LogP contribution in [0.1, 0.15) is 12.7 Å². The lowest BCUT2D eigenvalue weighted by Gasteiger charge is -2.23. The second-order valence-electron chi connectivity index (χ2n) is 5.70. The third kappa shape index (κ3) is 5.35. The van der Waals surface area contributed by atoms with Crippen LogP contribution >= 0.6 is 34.8 Å². The van der Waals surface area contributed by atoms with E-state index >= 15 is 0 Å². The molecular formula is C16H17Cl3N4O3. The van der Waals surface area contributed by atoms with Crippen LogP contribution in [0, 0.1) is 6.92 Å². The number of amides is 2. The summed E-state index contributed by atoms with van der Waals surface area (Å²) in [5, 5.41) is 9.77. The number of rotatable bonds is 6. The number of likely N-dealkylation sites (N-methyl/N-ethyl adjacent to an activating group) is 1. The van der Waals surface area contributed by atoms with E-state index < -0.39 is 6.04 Å². The van der Waals surface area contributed by atoms with Crippen LogP contribution in [0.25, 0.3) is 0 Å². The summed E-state index contributed by atoms with van der Waals surface area (Å²) in [7, 11) is 1.65. The van der Waals surface area contributed by atoms with Crippen molar-refractivity contribution in [2.24, 2.45) is 0 Å². The van der Waals surface area contributed by atoms with E-state index in [2.05, 4.69) is 15.8 Å². The first-order valence-corrected chi connectivity index (χ1v) is 8.69. The monoisotopic (exact) mass is 418 g/mol. The Kier molecular flexibility index (Phi) is 6.88. The lowest BCUT2D eigenvalue weighted by atomic mass is 10.2. The third-order valence-electron chi connectivity index (χ3n) is 3.60. The Balaban J connectivity index is 1.94. The minimum Gasteiger partial charge on any atom is -0.360 e. The van der Waals surface area contributed by atoms with E-state index in [0.29, 0.717) is 22.3 Å². The molecule has 1 aromatic heterocycles. The van der Waals surface area contributed by atoms with Gasteiger partial charge in [0.05, 0.1) is 33.3 Å². The molecule has 0 saturated heterocycles. The van der Waals surface area contributed by atoms with E-state index in [-0.39, 0.29) is 28.4 Å². The van der Waals surface area contributed by atoms with Gasteiger partial charge in [-0.25, -0.2) is 0 Å². The lowest BCUT2D eigenvalue weighted by molar-refractivity contribution is -0.122. The summed E-state index contributed by atoms with van der Waals surface area (Å²) in [6.45, 7) is 3.36. The van der Waals surface area contributed by atoms with E-state index in [1.807, 2.05) is 0 Å². The normalized spacial score (nSPS) is 12.1. The number of carbonyl (C=O) groups is 2. The van der Waals surface area contributed by atoms with Crippen molar-refractivity contribution in [3.63, 3.8) is 0 Å². The molecule has 140 valence electrons. The molecule has 1 atom stereocenters. The van der Waals surface area contributed by atoms with Crippen LogP contribution in [0.2, 0.25) is 15.1 Å². The number of anilines is 2. The van der Waals surface area contributed by atoms with Crippen LogP contribution in [0.5, 0.6) is 0 Å². The van der Waals surface area contributed by atoms with Gasteiger partial charge in [0.15, 0.2) is 5.82 Å². The number of nitrogens with zero attached hydrogens (tertiary/aromatic N) is 2. The molecule has 0 saturated carbocycles. The largest absolute Gasteiger partial charge is 0.360 e. The van der Waals surface area contributed by atoms with Gasteiger partial charge in [-0.2, -0.15) is 0 Å². The summed E-state index contributed by atoms with van der Waals surface area (Å²) in [5.74, 6) is 0.228. The number of aryl methyl sites for hydroxylation is 1. The fraction of sp³-hybridized carbons (Fsp3) is 0.312. The van der Waals surface area contributed by atoms with Crippen molar-refractivity contribution in [2.75, 3.05) is 24.2 Å². The Morgan fingerprint density at radius 1 is 1.15 bits per heavy atom. The average Bonchev–Trinajstić information content (AvgIpc) is 2.96. The summed E-state index contributed by atoms with van der Waals surface area (Å²) in [6, 6.07) is 3.91. The van der Waals surface area contributed by atoms with Gasteiger partial charge in [-0.3, -0.25) is 14.5 Å². The van der Waals surface area contributed by atoms with Crippen molar-refractivity contribution in [3.8, 4) is 0 Å². The van der Waals surface area contributed by atoms with Crippen molar-refractivity contribution >= 4 is 58.1 Å². The van der Waals surface area contributed by atoms with Gasteiger partial charge in [-0.1, -0.05) is 40.0 Å². The van der Waals surface area contributed by atoms with Crippen molar-refractivity contribution in [3.05, 3.63) is 39.0 Å². The molecule has 2 N–H and O–H groups in total. The fourth-order valence-electron chi connectivity index (χ4n) is 2.03. The van der Waals surface area contributed by atoms with E-state index in [0.717, 1.165) is 0 Å². The smallest absolute Gasteiger partial charge is 0.241 e. The van der Waals surface area contributed by atoms with Gasteiger partial charge >= 0.3 is 0 Å². The number of aromatic nitrogens is 1. The predicted molar refractivity (Wildman–Crippen MR) is 102 cm³/mol. The van der Waals surface area contributed by atoms with Gasteiger partial charge in [0, 0.05) is 6.07 Å². The van der Waals surface area contributed by atoms with Crippen molar-refractivity contribution < 1.29 is 14.1 Å². The molecule has 0 aliphatic heterocycles. The van der Waals surface area contributed by atoms with Crippen LogP contribution in [-0.4, -0.2) is 41.5 Å². The Morgan fingerprint density at radius 2 is 1.81 bits per heavy atom. The van der Waals surface area contributed by atoms with Crippen molar-refractivity contribution in [2.45, 2.75) is 19.9 Å². The van der Waals surface area contributed by atoms with E-state index in [1.54, 1.807) is 31.9 Å². The highest BCUT2D eigenvalue weighted by Gasteiger charge is 2.21. The Bertz CT molecular complexity index is 825. The Labute approximate surface area is 165 Å². The van der Waals surface area contributed by atoms with Crippen LogP contribution < -0.4 is 10.6 Å². The number of carbonyl (C=O) groups excluding carboxylic acids is 2. The quantitative estimate of drug-likeness (QED) is 0.695. The van der Waals surface area contributed by atoms with E-state index in [9.17, 15) is 9.59 Å². The van der Waals surface area contributed by atoms with E-state index in [4.69, 9.17) is 39.3 Å². The molecule has 2 rings (SSSR count). The maximum atomic E-state index is 12.4. The first-order valence-electron chi connectivity index (χ1n) is 7.56. The highest BCUT2D eigenvalue weighted by atomic mass is 35.5.